The van der Waals surface area contributed by atoms with Crippen molar-refractivity contribution in [1.82, 2.24) is 0 Å². The highest BCUT2D eigenvalue weighted by molar-refractivity contribution is 7.67. The van der Waals surface area contributed by atoms with Crippen LogP contribution in [0.5, 0.6) is 0 Å². The van der Waals surface area contributed by atoms with Gasteiger partial charge < -0.3 is 42.1 Å². The molecule has 0 bridgehead atoms. The summed E-state index contributed by atoms with van der Waals surface area (Å²) in [7, 11) is -6.91. The van der Waals surface area contributed by atoms with E-state index in [1.54, 1.807) is 6.07 Å². The van der Waals surface area contributed by atoms with Gasteiger partial charge in [0.1, 0.15) is 12.1 Å². The van der Waals surface area contributed by atoms with E-state index in [0.29, 0.717) is 0 Å². The Kier molecular flexibility index (Phi) is 8.29. The Balaban J connectivity index is 2.39. The first-order valence-electron chi connectivity index (χ1n) is 9.51. The minimum absolute atomic E-state index is 0.00195. The van der Waals surface area contributed by atoms with E-state index in [9.17, 15) is 28.7 Å². The highest BCUT2D eigenvalue weighted by Gasteiger charge is 2.35. The third-order valence-corrected chi connectivity index (χ3v) is 9.48. The first-order valence-corrected chi connectivity index (χ1v) is 13.2. The van der Waals surface area contributed by atoms with Gasteiger partial charge in [0.2, 0.25) is 14.7 Å². The molecule has 12 nitrogen and oxygen atoms in total. The van der Waals surface area contributed by atoms with Gasteiger partial charge in [0.05, 0.1) is 34.3 Å². The number of aliphatic carboxylic acids is 2. The number of hydrogen-bond acceptors (Lipinski definition) is 9. The van der Waals surface area contributed by atoms with Gasteiger partial charge in [-0.1, -0.05) is 18.2 Å². The van der Waals surface area contributed by atoms with Gasteiger partial charge in [0.15, 0.2) is 0 Å². The Morgan fingerprint density at radius 3 is 2.15 bits per heavy atom. The van der Waals surface area contributed by atoms with Crippen molar-refractivity contribution in [3.05, 3.63) is 42.5 Å². The molecule has 0 heterocycles. The van der Waals surface area contributed by atoms with Crippen LogP contribution in [0.15, 0.2) is 42.5 Å². The summed E-state index contributed by atoms with van der Waals surface area (Å²) in [6.07, 6.45) is -1.26. The van der Waals surface area contributed by atoms with E-state index >= 15 is 0 Å². The molecule has 33 heavy (non-hydrogen) atoms. The molecule has 0 saturated carbocycles. The van der Waals surface area contributed by atoms with Crippen molar-refractivity contribution in [3.8, 4) is 0 Å². The Morgan fingerprint density at radius 1 is 1.00 bits per heavy atom. The second kappa shape index (κ2) is 10.4. The average molecular weight is 500 g/mol. The lowest BCUT2D eigenvalue weighted by atomic mass is 10.2. The summed E-state index contributed by atoms with van der Waals surface area (Å²) in [6.45, 7) is 0. The number of para-hydroxylation sites is 2. The quantitative estimate of drug-likeness (QED) is 0.163. The number of carbonyl (C=O) groups is 2. The third kappa shape index (κ3) is 6.13. The number of benzene rings is 2. The Hall–Kier alpha value is -2.88. The number of nitrogens with two attached hydrogens (primary N) is 3. The first kappa shape index (κ1) is 26.4. The predicted molar refractivity (Wildman–Crippen MR) is 126 cm³/mol. The molecule has 2 aromatic carbocycles. The second-order valence-corrected chi connectivity index (χ2v) is 12.0. The van der Waals surface area contributed by atoms with E-state index < -0.39 is 51.1 Å². The zero-order chi connectivity index (χ0) is 25.0. The molecule has 0 aliphatic carbocycles. The van der Waals surface area contributed by atoms with Crippen LogP contribution >= 0.6 is 14.7 Å². The zero-order valence-corrected chi connectivity index (χ0v) is 19.4. The molecule has 0 radical (unpaired) electrons. The molecule has 0 aliphatic heterocycles. The van der Waals surface area contributed by atoms with E-state index in [2.05, 4.69) is 5.32 Å². The lowest BCUT2D eigenvalue weighted by molar-refractivity contribution is -0.138. The van der Waals surface area contributed by atoms with Crippen LogP contribution in [0, 0.1) is 0 Å². The van der Waals surface area contributed by atoms with E-state index in [1.807, 2.05) is 0 Å². The van der Waals surface area contributed by atoms with Crippen molar-refractivity contribution in [2.24, 2.45) is 5.73 Å². The number of carboxylic acid groups (broad SMARTS) is 2. The van der Waals surface area contributed by atoms with Crippen LogP contribution in [0.1, 0.15) is 0 Å². The molecule has 10 N–H and O–H groups in total. The average Bonchev–Trinajstić information content (AvgIpc) is 2.74. The fourth-order valence-electron chi connectivity index (χ4n) is 3.11. The van der Waals surface area contributed by atoms with Gasteiger partial charge >= 0.3 is 11.9 Å². The second-order valence-electron chi connectivity index (χ2n) is 7.20. The number of rotatable bonds is 11. The summed E-state index contributed by atoms with van der Waals surface area (Å²) < 4.78 is 31.2. The Morgan fingerprint density at radius 2 is 1.61 bits per heavy atom. The van der Waals surface area contributed by atoms with Crippen LogP contribution in [0.2, 0.25) is 0 Å². The molecule has 180 valence electrons. The predicted octanol–water partition coefficient (Wildman–Crippen LogP) is 0.274. The molecule has 2 rings (SSSR count). The summed E-state index contributed by atoms with van der Waals surface area (Å²) in [5.41, 5.74) is 17.2. The van der Waals surface area contributed by atoms with Gasteiger partial charge in [0.25, 0.3) is 0 Å². The molecule has 0 spiro atoms. The van der Waals surface area contributed by atoms with Gasteiger partial charge in [-0.3, -0.25) is 13.9 Å². The van der Waals surface area contributed by atoms with Crippen molar-refractivity contribution >= 4 is 54.3 Å². The molecule has 14 heteroatoms. The van der Waals surface area contributed by atoms with E-state index in [-0.39, 0.29) is 27.7 Å². The van der Waals surface area contributed by atoms with Crippen molar-refractivity contribution in [1.29, 1.82) is 0 Å². The standard InChI is InChI=1S/C19H26N4O8P2/c1-31-33(30,9-12(21)18(24)25)16-8-4-6-13(17(16)22)23-14(19(26)27)10-32(28,29)15-7-3-2-5-11(15)20/h2-8,12,14,23H,9-10,20-22H2,1H3,(H,24,25)(H,26,27)(H,28,29)/t12-,14-,33?/m0/s1. The lowest BCUT2D eigenvalue weighted by Crippen LogP contribution is -2.36. The van der Waals surface area contributed by atoms with Gasteiger partial charge in [-0.15, -0.1) is 0 Å². The molecule has 0 fully saturated rings. The minimum atomic E-state index is -4.20. The molecular weight excluding hydrogens is 474 g/mol. The molecule has 0 amide bonds. The molecule has 4 atom stereocenters. The Labute approximate surface area is 189 Å². The number of nitrogen functional groups attached to an aromatic ring is 2. The van der Waals surface area contributed by atoms with Crippen LogP contribution in [-0.4, -0.2) is 58.6 Å². The fourth-order valence-corrected chi connectivity index (χ4v) is 6.86. The zero-order valence-electron chi connectivity index (χ0n) is 17.6. The maximum atomic E-state index is 13.3. The number of hydrogen-bond donors (Lipinski definition) is 7. The topological polar surface area (TPSA) is 228 Å². The SMILES string of the molecule is COP(=O)(C[C@H](N)C(=O)O)c1cccc(N[C@@H](CP(=O)(O)c2ccccc2N)C(=O)O)c1N. The van der Waals surface area contributed by atoms with Crippen LogP contribution in [-0.2, 0) is 23.2 Å². The van der Waals surface area contributed by atoms with Crippen LogP contribution in [0.4, 0.5) is 17.1 Å². The van der Waals surface area contributed by atoms with Gasteiger partial charge in [-0.2, -0.15) is 0 Å². The maximum absolute atomic E-state index is 13.3. The van der Waals surface area contributed by atoms with Crippen molar-refractivity contribution < 1.29 is 38.3 Å². The van der Waals surface area contributed by atoms with Gasteiger partial charge in [0, 0.05) is 12.8 Å². The summed E-state index contributed by atoms with van der Waals surface area (Å²) >= 11 is 0. The van der Waals surface area contributed by atoms with E-state index in [1.165, 1.54) is 36.4 Å². The largest absolute Gasteiger partial charge is 0.480 e. The van der Waals surface area contributed by atoms with Crippen LogP contribution in [0.3, 0.4) is 0 Å². The monoisotopic (exact) mass is 500 g/mol. The minimum Gasteiger partial charge on any atom is -0.480 e. The van der Waals surface area contributed by atoms with Gasteiger partial charge in [-0.25, -0.2) is 4.79 Å². The first-order chi connectivity index (χ1) is 15.3. The van der Waals surface area contributed by atoms with Crippen LogP contribution in [0.25, 0.3) is 0 Å². The summed E-state index contributed by atoms with van der Waals surface area (Å²) in [5, 5.41) is 21.1. The number of nitrogens with one attached hydrogen (secondary N) is 1. The third-order valence-electron chi connectivity index (χ3n) is 4.87. The highest BCUT2D eigenvalue weighted by Crippen LogP contribution is 2.48. The molecular formula is C19H26N4O8P2. The summed E-state index contributed by atoms with van der Waals surface area (Å²) in [6, 6.07) is 6.90. The van der Waals surface area contributed by atoms with Crippen molar-refractivity contribution in [2.75, 3.05) is 36.2 Å². The molecule has 0 saturated heterocycles. The molecule has 2 unspecified atom stereocenters. The van der Waals surface area contributed by atoms with E-state index in [0.717, 1.165) is 7.11 Å². The highest BCUT2D eigenvalue weighted by atomic mass is 31.2. The summed E-state index contributed by atoms with van der Waals surface area (Å²) in [4.78, 5) is 33.5. The molecule has 0 aliphatic rings. The smallest absolute Gasteiger partial charge is 0.326 e. The Bertz CT molecular complexity index is 1140. The summed E-state index contributed by atoms with van der Waals surface area (Å²) in [5.74, 6) is -2.82. The van der Waals surface area contributed by atoms with Crippen molar-refractivity contribution in [2.45, 2.75) is 12.1 Å². The number of anilines is 3. The molecule has 0 aromatic heterocycles. The van der Waals surface area contributed by atoms with Gasteiger partial charge in [-0.05, 0) is 24.3 Å². The van der Waals surface area contributed by atoms with E-state index in [4.69, 9.17) is 26.8 Å². The number of carboxylic acids is 2. The van der Waals surface area contributed by atoms with Crippen molar-refractivity contribution in [3.63, 3.8) is 0 Å². The fraction of sp³-hybridized carbons (Fsp3) is 0.263. The molecule has 2 aromatic rings. The lowest BCUT2D eigenvalue weighted by Gasteiger charge is -2.24. The van der Waals surface area contributed by atoms with Crippen LogP contribution < -0.4 is 33.1 Å². The normalized spacial score (nSPS) is 16.7. The maximum Gasteiger partial charge on any atom is 0.326 e.